The quantitative estimate of drug-likeness (QED) is 0.555. The molecule has 0 bridgehead atoms. The summed E-state index contributed by atoms with van der Waals surface area (Å²) in [5.41, 5.74) is 3.40. The summed E-state index contributed by atoms with van der Waals surface area (Å²) in [6.07, 6.45) is 3.57. The highest BCUT2D eigenvalue weighted by Crippen LogP contribution is 2.20. The van der Waals surface area contributed by atoms with Crippen LogP contribution in [0.2, 0.25) is 0 Å². The third-order valence-corrected chi connectivity index (χ3v) is 4.88. The molecule has 29 heavy (non-hydrogen) atoms. The lowest BCUT2D eigenvalue weighted by atomic mass is 10.1. The molecule has 3 aromatic rings. The molecule has 0 unspecified atom stereocenters. The average Bonchev–Trinajstić information content (AvgIpc) is 3.22. The third kappa shape index (κ3) is 6.57. The zero-order valence-corrected chi connectivity index (χ0v) is 17.2. The number of oxazole rings is 1. The summed E-state index contributed by atoms with van der Waals surface area (Å²) in [6, 6.07) is 18.3. The van der Waals surface area contributed by atoms with Gasteiger partial charge in [0.1, 0.15) is 0 Å². The van der Waals surface area contributed by atoms with Gasteiger partial charge >= 0.3 is 0 Å². The van der Waals surface area contributed by atoms with Crippen LogP contribution in [0.1, 0.15) is 36.8 Å². The molecule has 0 aliphatic carbocycles. The van der Waals surface area contributed by atoms with Gasteiger partial charge in [-0.05, 0) is 31.1 Å². The maximum Gasteiger partial charge on any atom is 0.220 e. The lowest BCUT2D eigenvalue weighted by molar-refractivity contribution is -0.121. The van der Waals surface area contributed by atoms with E-state index in [-0.39, 0.29) is 5.91 Å². The molecule has 152 valence electrons. The van der Waals surface area contributed by atoms with Crippen molar-refractivity contribution in [3.8, 4) is 11.3 Å². The Balaban J connectivity index is 1.41. The molecule has 0 saturated heterocycles. The zero-order chi connectivity index (χ0) is 20.5. The van der Waals surface area contributed by atoms with Crippen molar-refractivity contribution in [3.63, 3.8) is 0 Å². The Morgan fingerprint density at radius 2 is 1.90 bits per heavy atom. The molecular weight excluding hydrogens is 362 g/mol. The Morgan fingerprint density at radius 3 is 2.69 bits per heavy atom. The highest BCUT2D eigenvalue weighted by atomic mass is 16.4. The summed E-state index contributed by atoms with van der Waals surface area (Å²) >= 11 is 0. The van der Waals surface area contributed by atoms with Crippen LogP contribution in [0.15, 0.2) is 65.2 Å². The molecule has 1 amide bonds. The second-order valence-corrected chi connectivity index (χ2v) is 7.26. The van der Waals surface area contributed by atoms with Crippen molar-refractivity contribution in [3.05, 3.63) is 77.8 Å². The van der Waals surface area contributed by atoms with Crippen LogP contribution in [0.5, 0.6) is 0 Å². The van der Waals surface area contributed by atoms with Gasteiger partial charge in [-0.3, -0.25) is 4.79 Å². The lowest BCUT2D eigenvalue weighted by Crippen LogP contribution is -2.22. The maximum atomic E-state index is 12.2. The molecule has 2 aromatic carbocycles. The van der Waals surface area contributed by atoms with Crippen molar-refractivity contribution in [2.24, 2.45) is 0 Å². The van der Waals surface area contributed by atoms with E-state index in [9.17, 15) is 4.79 Å². The zero-order valence-electron chi connectivity index (χ0n) is 17.2. The standard InChI is InChI=1S/C24H29N3O2/c1-3-27(2)18-20-10-7-9-19(15-20)16-25-23(28)13-8-14-24-26-17-22(29-24)21-11-5-4-6-12-21/h4-7,9-12,15,17H,3,8,13-14,16,18H2,1-2H3,(H,25,28). The monoisotopic (exact) mass is 391 g/mol. The van der Waals surface area contributed by atoms with Gasteiger partial charge in [0.2, 0.25) is 5.91 Å². The lowest BCUT2D eigenvalue weighted by Gasteiger charge is -2.14. The number of rotatable bonds is 10. The summed E-state index contributed by atoms with van der Waals surface area (Å²) < 4.78 is 5.79. The smallest absolute Gasteiger partial charge is 0.220 e. The number of aryl methyl sites for hydroxylation is 1. The number of carbonyl (C=O) groups is 1. The normalized spacial score (nSPS) is 11.0. The fourth-order valence-corrected chi connectivity index (χ4v) is 3.11. The topological polar surface area (TPSA) is 58.4 Å². The molecule has 0 spiro atoms. The van der Waals surface area contributed by atoms with Gasteiger partial charge < -0.3 is 14.6 Å². The number of aromatic nitrogens is 1. The summed E-state index contributed by atoms with van der Waals surface area (Å²) in [5, 5.41) is 3.01. The second kappa shape index (κ2) is 10.6. The van der Waals surface area contributed by atoms with Gasteiger partial charge in [0, 0.05) is 31.5 Å². The van der Waals surface area contributed by atoms with E-state index in [1.165, 1.54) is 5.56 Å². The first kappa shape index (κ1) is 20.8. The SMILES string of the molecule is CCN(C)Cc1cccc(CNC(=O)CCCc2ncc(-c3ccccc3)o2)c1. The van der Waals surface area contributed by atoms with Crippen LogP contribution in [0.4, 0.5) is 0 Å². The summed E-state index contributed by atoms with van der Waals surface area (Å²) in [6.45, 7) is 4.63. The van der Waals surface area contributed by atoms with Crippen molar-refractivity contribution in [2.45, 2.75) is 39.3 Å². The minimum Gasteiger partial charge on any atom is -0.441 e. The van der Waals surface area contributed by atoms with Gasteiger partial charge in [-0.25, -0.2) is 4.98 Å². The van der Waals surface area contributed by atoms with E-state index in [0.29, 0.717) is 31.7 Å². The number of carbonyl (C=O) groups excluding carboxylic acids is 1. The Hall–Kier alpha value is -2.92. The van der Waals surface area contributed by atoms with Crippen LogP contribution in [0.3, 0.4) is 0 Å². The highest BCUT2D eigenvalue weighted by molar-refractivity contribution is 5.75. The minimum atomic E-state index is 0.0518. The van der Waals surface area contributed by atoms with Crippen LogP contribution in [0, 0.1) is 0 Å². The van der Waals surface area contributed by atoms with Gasteiger partial charge in [-0.2, -0.15) is 0 Å². The molecular formula is C24H29N3O2. The van der Waals surface area contributed by atoms with Crippen molar-refractivity contribution < 1.29 is 9.21 Å². The van der Waals surface area contributed by atoms with E-state index < -0.39 is 0 Å². The summed E-state index contributed by atoms with van der Waals surface area (Å²) in [4.78, 5) is 18.7. The van der Waals surface area contributed by atoms with E-state index in [4.69, 9.17) is 4.42 Å². The molecule has 1 heterocycles. The van der Waals surface area contributed by atoms with Crippen molar-refractivity contribution >= 4 is 5.91 Å². The molecule has 0 aliphatic heterocycles. The summed E-state index contributed by atoms with van der Waals surface area (Å²) in [7, 11) is 2.10. The van der Waals surface area contributed by atoms with Gasteiger partial charge in [0.05, 0.1) is 6.20 Å². The molecule has 0 saturated carbocycles. The number of amides is 1. The van der Waals surface area contributed by atoms with Crippen molar-refractivity contribution in [1.82, 2.24) is 15.2 Å². The molecule has 0 radical (unpaired) electrons. The second-order valence-electron chi connectivity index (χ2n) is 7.26. The maximum absolute atomic E-state index is 12.2. The Labute approximate surface area is 172 Å². The Kier molecular flexibility index (Phi) is 7.59. The van der Waals surface area contributed by atoms with Crippen molar-refractivity contribution in [2.75, 3.05) is 13.6 Å². The number of nitrogens with one attached hydrogen (secondary N) is 1. The molecule has 0 aliphatic rings. The van der Waals surface area contributed by atoms with E-state index in [1.807, 2.05) is 42.5 Å². The van der Waals surface area contributed by atoms with E-state index in [0.717, 1.165) is 30.0 Å². The van der Waals surface area contributed by atoms with Crippen LogP contribution in [-0.2, 0) is 24.3 Å². The van der Waals surface area contributed by atoms with Gasteiger partial charge in [0.15, 0.2) is 11.7 Å². The Bertz CT molecular complexity index is 905. The molecule has 0 atom stereocenters. The predicted octanol–water partition coefficient (Wildman–Crippen LogP) is 4.43. The van der Waals surface area contributed by atoms with Crippen LogP contribution < -0.4 is 5.32 Å². The van der Waals surface area contributed by atoms with Crippen LogP contribution >= 0.6 is 0 Å². The number of hydrogen-bond donors (Lipinski definition) is 1. The Morgan fingerprint density at radius 1 is 1.10 bits per heavy atom. The molecule has 1 N–H and O–H groups in total. The van der Waals surface area contributed by atoms with E-state index >= 15 is 0 Å². The van der Waals surface area contributed by atoms with E-state index in [2.05, 4.69) is 41.3 Å². The largest absolute Gasteiger partial charge is 0.441 e. The third-order valence-electron chi connectivity index (χ3n) is 4.88. The van der Waals surface area contributed by atoms with Crippen LogP contribution in [-0.4, -0.2) is 29.4 Å². The molecule has 0 fully saturated rings. The number of nitrogens with zero attached hydrogens (tertiary/aromatic N) is 2. The predicted molar refractivity (Wildman–Crippen MR) is 115 cm³/mol. The minimum absolute atomic E-state index is 0.0518. The molecule has 5 nitrogen and oxygen atoms in total. The van der Waals surface area contributed by atoms with Gasteiger partial charge in [0.25, 0.3) is 0 Å². The van der Waals surface area contributed by atoms with Crippen molar-refractivity contribution in [1.29, 1.82) is 0 Å². The fourth-order valence-electron chi connectivity index (χ4n) is 3.11. The molecule has 1 aromatic heterocycles. The van der Waals surface area contributed by atoms with Crippen LogP contribution in [0.25, 0.3) is 11.3 Å². The number of hydrogen-bond acceptors (Lipinski definition) is 4. The molecule has 5 heteroatoms. The fraction of sp³-hybridized carbons (Fsp3) is 0.333. The average molecular weight is 392 g/mol. The van der Waals surface area contributed by atoms with E-state index in [1.54, 1.807) is 6.20 Å². The van der Waals surface area contributed by atoms with Gasteiger partial charge in [-0.15, -0.1) is 0 Å². The first-order valence-electron chi connectivity index (χ1n) is 10.2. The highest BCUT2D eigenvalue weighted by Gasteiger charge is 2.08. The summed E-state index contributed by atoms with van der Waals surface area (Å²) in [5.74, 6) is 1.49. The van der Waals surface area contributed by atoms with Gasteiger partial charge in [-0.1, -0.05) is 61.5 Å². The first-order chi connectivity index (χ1) is 14.1. The molecule has 3 rings (SSSR count). The number of benzene rings is 2. The first-order valence-corrected chi connectivity index (χ1v) is 10.2.